The molecule has 6 heteroatoms. The highest BCUT2D eigenvalue weighted by atomic mass is 32.2. The Hall–Kier alpha value is -0.170. The number of hydrogen-bond donors (Lipinski definition) is 3. The molecule has 0 saturated carbocycles. The van der Waals surface area contributed by atoms with Gasteiger partial charge in [-0.3, -0.25) is 0 Å². The molecule has 86 valence electrons. The first-order valence-electron chi connectivity index (χ1n) is 4.81. The van der Waals surface area contributed by atoms with Crippen molar-refractivity contribution in [1.82, 2.24) is 9.44 Å². The first-order valence-corrected chi connectivity index (χ1v) is 6.30. The Morgan fingerprint density at radius 1 is 1.29 bits per heavy atom. The molecule has 0 rings (SSSR count). The van der Waals surface area contributed by atoms with Crippen LogP contribution in [-0.4, -0.2) is 32.2 Å². The van der Waals surface area contributed by atoms with E-state index in [1.54, 1.807) is 13.8 Å². The van der Waals surface area contributed by atoms with Crippen LogP contribution in [0.2, 0.25) is 0 Å². The fourth-order valence-corrected chi connectivity index (χ4v) is 2.48. The molecule has 3 N–H and O–H groups in total. The predicted molar refractivity (Wildman–Crippen MR) is 56.1 cm³/mol. The van der Waals surface area contributed by atoms with E-state index >= 15 is 0 Å². The van der Waals surface area contributed by atoms with Crippen LogP contribution in [0.15, 0.2) is 0 Å². The minimum absolute atomic E-state index is 0.0112. The van der Waals surface area contributed by atoms with Gasteiger partial charge in [0.25, 0.3) is 10.2 Å². The van der Waals surface area contributed by atoms with Gasteiger partial charge in [0.1, 0.15) is 0 Å². The number of rotatable bonds is 7. The minimum Gasteiger partial charge on any atom is -0.396 e. The molecular formula is C8H20N2O3S. The number of aliphatic hydroxyl groups excluding tert-OH is 1. The molecule has 0 heterocycles. The molecule has 0 aliphatic rings. The summed E-state index contributed by atoms with van der Waals surface area (Å²) in [6.45, 7) is 5.37. The highest BCUT2D eigenvalue weighted by Gasteiger charge is 2.16. The standard InChI is InChI=1S/C8H20N2O3S/c1-4-8(5-6-11)10-14(12,13)9-7(2)3/h7-11H,4-6H2,1-3H3. The summed E-state index contributed by atoms with van der Waals surface area (Å²) in [5, 5.41) is 8.69. The SMILES string of the molecule is CCC(CCO)NS(=O)(=O)NC(C)C. The van der Waals surface area contributed by atoms with Crippen molar-refractivity contribution in [3.8, 4) is 0 Å². The molecule has 0 aromatic rings. The molecule has 0 radical (unpaired) electrons. The molecule has 0 amide bonds. The van der Waals surface area contributed by atoms with Crippen molar-refractivity contribution < 1.29 is 13.5 Å². The summed E-state index contributed by atoms with van der Waals surface area (Å²) in [5.74, 6) is 0. The van der Waals surface area contributed by atoms with Gasteiger partial charge in [0.2, 0.25) is 0 Å². The third-order valence-electron chi connectivity index (χ3n) is 1.68. The molecule has 1 unspecified atom stereocenters. The van der Waals surface area contributed by atoms with Crippen molar-refractivity contribution in [2.24, 2.45) is 0 Å². The first kappa shape index (κ1) is 13.8. The van der Waals surface area contributed by atoms with Gasteiger partial charge in [-0.05, 0) is 26.7 Å². The first-order chi connectivity index (χ1) is 6.41. The van der Waals surface area contributed by atoms with Crippen molar-refractivity contribution in [2.45, 2.75) is 45.7 Å². The van der Waals surface area contributed by atoms with Crippen LogP contribution in [0.4, 0.5) is 0 Å². The van der Waals surface area contributed by atoms with E-state index in [1.807, 2.05) is 6.92 Å². The van der Waals surface area contributed by atoms with E-state index < -0.39 is 10.2 Å². The largest absolute Gasteiger partial charge is 0.396 e. The van der Waals surface area contributed by atoms with Crippen molar-refractivity contribution in [1.29, 1.82) is 0 Å². The average molecular weight is 224 g/mol. The molecular weight excluding hydrogens is 204 g/mol. The van der Waals surface area contributed by atoms with Crippen LogP contribution in [0.3, 0.4) is 0 Å². The van der Waals surface area contributed by atoms with E-state index in [2.05, 4.69) is 9.44 Å². The van der Waals surface area contributed by atoms with Crippen LogP contribution in [0, 0.1) is 0 Å². The molecule has 0 aliphatic heterocycles. The Bertz CT molecular complexity index is 239. The Balaban J connectivity index is 4.18. The molecule has 1 atom stereocenters. The molecule has 0 fully saturated rings. The van der Waals surface area contributed by atoms with Crippen molar-refractivity contribution in [3.05, 3.63) is 0 Å². The number of nitrogens with one attached hydrogen (secondary N) is 2. The summed E-state index contributed by atoms with van der Waals surface area (Å²) in [7, 11) is -3.43. The average Bonchev–Trinajstić information content (AvgIpc) is 2.00. The van der Waals surface area contributed by atoms with Gasteiger partial charge in [0.15, 0.2) is 0 Å². The Labute approximate surface area is 86.1 Å². The van der Waals surface area contributed by atoms with Crippen LogP contribution in [-0.2, 0) is 10.2 Å². The summed E-state index contributed by atoms with van der Waals surface area (Å²) >= 11 is 0. The van der Waals surface area contributed by atoms with E-state index in [1.165, 1.54) is 0 Å². The fourth-order valence-electron chi connectivity index (χ4n) is 1.07. The highest BCUT2D eigenvalue weighted by Crippen LogP contribution is 1.98. The Morgan fingerprint density at radius 3 is 2.21 bits per heavy atom. The predicted octanol–water partition coefficient (Wildman–Crippen LogP) is -0.0202. The zero-order valence-electron chi connectivity index (χ0n) is 8.95. The highest BCUT2D eigenvalue weighted by molar-refractivity contribution is 7.87. The lowest BCUT2D eigenvalue weighted by molar-refractivity contribution is 0.270. The third kappa shape index (κ3) is 6.31. The third-order valence-corrected chi connectivity index (χ3v) is 3.11. The van der Waals surface area contributed by atoms with E-state index in [4.69, 9.17) is 5.11 Å². The second-order valence-corrected chi connectivity index (χ2v) is 4.99. The number of hydrogen-bond acceptors (Lipinski definition) is 3. The van der Waals surface area contributed by atoms with Crippen molar-refractivity contribution in [2.75, 3.05) is 6.61 Å². The zero-order chi connectivity index (χ0) is 11.2. The van der Waals surface area contributed by atoms with Gasteiger partial charge in [-0.2, -0.15) is 17.9 Å². The lowest BCUT2D eigenvalue weighted by Crippen LogP contribution is -2.45. The fraction of sp³-hybridized carbons (Fsp3) is 1.00. The lowest BCUT2D eigenvalue weighted by atomic mass is 10.2. The lowest BCUT2D eigenvalue weighted by Gasteiger charge is -2.17. The summed E-state index contributed by atoms with van der Waals surface area (Å²) in [6, 6.07) is -0.324. The summed E-state index contributed by atoms with van der Waals surface area (Å²) in [4.78, 5) is 0. The van der Waals surface area contributed by atoms with Crippen LogP contribution in [0.5, 0.6) is 0 Å². The van der Waals surface area contributed by atoms with Crippen molar-refractivity contribution in [3.63, 3.8) is 0 Å². The van der Waals surface area contributed by atoms with E-state index in [0.29, 0.717) is 12.8 Å². The van der Waals surface area contributed by atoms with Gasteiger partial charge in [-0.25, -0.2) is 0 Å². The second kappa shape index (κ2) is 6.34. The maximum Gasteiger partial charge on any atom is 0.277 e. The Kier molecular flexibility index (Phi) is 6.26. The smallest absolute Gasteiger partial charge is 0.277 e. The maximum atomic E-state index is 11.4. The van der Waals surface area contributed by atoms with Crippen molar-refractivity contribution >= 4 is 10.2 Å². The second-order valence-electron chi connectivity index (χ2n) is 3.51. The normalized spacial score (nSPS) is 14.6. The van der Waals surface area contributed by atoms with Crippen LogP contribution >= 0.6 is 0 Å². The van der Waals surface area contributed by atoms with E-state index in [-0.39, 0.29) is 18.7 Å². The van der Waals surface area contributed by atoms with Crippen LogP contribution < -0.4 is 9.44 Å². The molecule has 0 aliphatic carbocycles. The molecule has 0 aromatic carbocycles. The summed E-state index contributed by atoms with van der Waals surface area (Å²) in [6.07, 6.45) is 1.11. The zero-order valence-corrected chi connectivity index (χ0v) is 9.76. The maximum absolute atomic E-state index is 11.4. The van der Waals surface area contributed by atoms with Gasteiger partial charge in [0.05, 0.1) is 0 Å². The molecule has 14 heavy (non-hydrogen) atoms. The minimum atomic E-state index is -3.43. The van der Waals surface area contributed by atoms with E-state index in [0.717, 1.165) is 0 Å². The molecule has 0 spiro atoms. The van der Waals surface area contributed by atoms with Gasteiger partial charge in [-0.15, -0.1) is 0 Å². The van der Waals surface area contributed by atoms with Gasteiger partial charge in [-0.1, -0.05) is 6.92 Å². The number of aliphatic hydroxyl groups is 1. The topological polar surface area (TPSA) is 78.4 Å². The van der Waals surface area contributed by atoms with Gasteiger partial charge >= 0.3 is 0 Å². The summed E-state index contributed by atoms with van der Waals surface area (Å²) in [5.41, 5.74) is 0. The van der Waals surface area contributed by atoms with Crippen LogP contribution in [0.25, 0.3) is 0 Å². The molecule has 0 saturated heterocycles. The van der Waals surface area contributed by atoms with Crippen LogP contribution in [0.1, 0.15) is 33.6 Å². The quantitative estimate of drug-likeness (QED) is 0.568. The van der Waals surface area contributed by atoms with Gasteiger partial charge in [0, 0.05) is 18.7 Å². The monoisotopic (exact) mass is 224 g/mol. The van der Waals surface area contributed by atoms with Gasteiger partial charge < -0.3 is 5.11 Å². The summed E-state index contributed by atoms with van der Waals surface area (Å²) < 4.78 is 27.7. The molecule has 0 bridgehead atoms. The molecule has 0 aromatic heterocycles. The Morgan fingerprint density at radius 2 is 1.86 bits per heavy atom. The van der Waals surface area contributed by atoms with E-state index in [9.17, 15) is 8.42 Å². The molecule has 5 nitrogen and oxygen atoms in total.